The molecule has 0 saturated carbocycles. The number of halogens is 2. The van der Waals surface area contributed by atoms with E-state index >= 15 is 0 Å². The van der Waals surface area contributed by atoms with E-state index < -0.39 is 0 Å². The summed E-state index contributed by atoms with van der Waals surface area (Å²) in [5, 5.41) is 0. The molecule has 0 radical (unpaired) electrons. The third-order valence-corrected chi connectivity index (χ3v) is 16.3. The summed E-state index contributed by atoms with van der Waals surface area (Å²) < 4.78 is 12.3. The maximum Gasteiger partial charge on any atom is 0.116 e. The number of fused-ring (bicyclic) bond motifs is 2. The SMILES string of the molecule is CCCCCCCCCCCCc1nc2c(-c3sc(Br)c(C)c3C)c3nsnc3c(-c3sc(Br)c(C)c3C)c2nc1CCCCCCCCCCCC. The van der Waals surface area contributed by atoms with Crippen LogP contribution in [0.4, 0.5) is 0 Å². The molecule has 0 atom stereocenters. The summed E-state index contributed by atoms with van der Waals surface area (Å²) in [5.41, 5.74) is 13.6. The second-order valence-electron chi connectivity index (χ2n) is 15.3. The van der Waals surface area contributed by atoms with Crippen LogP contribution in [0.15, 0.2) is 7.57 Å². The number of benzene rings is 1. The molecule has 0 aliphatic rings. The van der Waals surface area contributed by atoms with Gasteiger partial charge in [-0.25, -0.2) is 9.97 Å². The molecule has 0 spiro atoms. The lowest BCUT2D eigenvalue weighted by Gasteiger charge is -2.16. The molecule has 4 heterocycles. The topological polar surface area (TPSA) is 51.6 Å². The van der Waals surface area contributed by atoms with Crippen LogP contribution in [-0.2, 0) is 12.8 Å². The van der Waals surface area contributed by atoms with Gasteiger partial charge in [-0.3, -0.25) is 0 Å². The largest absolute Gasteiger partial charge is 0.248 e. The number of aryl methyl sites for hydroxylation is 2. The van der Waals surface area contributed by atoms with Crippen molar-refractivity contribution >= 4 is 88.3 Å². The van der Waals surface area contributed by atoms with E-state index in [-0.39, 0.29) is 0 Å². The van der Waals surface area contributed by atoms with Crippen molar-refractivity contribution in [2.24, 2.45) is 0 Å². The van der Waals surface area contributed by atoms with Gasteiger partial charge >= 0.3 is 0 Å². The third-order valence-electron chi connectivity index (χ3n) is 11.3. The van der Waals surface area contributed by atoms with Crippen molar-refractivity contribution in [3.05, 3.63) is 41.2 Å². The highest BCUT2D eigenvalue weighted by atomic mass is 79.9. The van der Waals surface area contributed by atoms with Crippen molar-refractivity contribution < 1.29 is 0 Å². The normalized spacial score (nSPS) is 11.9. The van der Waals surface area contributed by atoms with E-state index in [0.717, 1.165) is 46.0 Å². The molecular formula is C44H62Br2N4S3. The van der Waals surface area contributed by atoms with Crippen LogP contribution in [0, 0.1) is 27.7 Å². The van der Waals surface area contributed by atoms with Gasteiger partial charge in [0.05, 0.1) is 30.7 Å². The van der Waals surface area contributed by atoms with Crippen LogP contribution in [0.5, 0.6) is 0 Å². The molecule has 5 rings (SSSR count). The van der Waals surface area contributed by atoms with Crippen molar-refractivity contribution in [3.8, 4) is 20.9 Å². The molecule has 0 N–H and O–H groups in total. The Morgan fingerprint density at radius 1 is 0.415 bits per heavy atom. The van der Waals surface area contributed by atoms with Gasteiger partial charge in [0, 0.05) is 20.9 Å². The molecule has 0 fully saturated rings. The first-order valence-corrected chi connectivity index (χ1v) is 24.7. The molecule has 0 aliphatic carbocycles. The molecule has 0 aliphatic heterocycles. The van der Waals surface area contributed by atoms with Crippen molar-refractivity contribution in [3.63, 3.8) is 0 Å². The average Bonchev–Trinajstić information content (AvgIpc) is 3.81. The maximum absolute atomic E-state index is 5.70. The van der Waals surface area contributed by atoms with Gasteiger partial charge in [-0.15, -0.1) is 22.7 Å². The highest BCUT2D eigenvalue weighted by Gasteiger charge is 2.28. The number of nitrogens with zero attached hydrogens (tertiary/aromatic N) is 4. The minimum absolute atomic E-state index is 0.956. The summed E-state index contributed by atoms with van der Waals surface area (Å²) in [4.78, 5) is 13.9. The fraction of sp³-hybridized carbons (Fsp3) is 0.636. The van der Waals surface area contributed by atoms with Gasteiger partial charge in [-0.1, -0.05) is 129 Å². The average molecular weight is 903 g/mol. The van der Waals surface area contributed by atoms with Gasteiger partial charge in [0.1, 0.15) is 22.1 Å². The van der Waals surface area contributed by atoms with E-state index in [2.05, 4.69) is 73.4 Å². The number of hydrogen-bond donors (Lipinski definition) is 0. The van der Waals surface area contributed by atoms with Crippen LogP contribution in [-0.4, -0.2) is 18.7 Å². The molecule has 5 aromatic rings. The monoisotopic (exact) mass is 900 g/mol. The van der Waals surface area contributed by atoms with Gasteiger partial charge in [0.25, 0.3) is 0 Å². The van der Waals surface area contributed by atoms with Gasteiger partial charge in [-0.05, 0) is 107 Å². The highest BCUT2D eigenvalue weighted by molar-refractivity contribution is 9.11. The van der Waals surface area contributed by atoms with Gasteiger partial charge in [-0.2, -0.15) is 8.75 Å². The molecule has 0 bridgehead atoms. The Balaban J connectivity index is 1.49. The first kappa shape index (κ1) is 42.9. The Bertz CT molecular complexity index is 1770. The summed E-state index contributed by atoms with van der Waals surface area (Å²) >= 11 is 12.6. The zero-order chi connectivity index (χ0) is 37.7. The van der Waals surface area contributed by atoms with Gasteiger partial charge < -0.3 is 0 Å². The first-order chi connectivity index (χ1) is 25.8. The van der Waals surface area contributed by atoms with E-state index in [1.165, 1.54) is 191 Å². The summed E-state index contributed by atoms with van der Waals surface area (Å²) in [7, 11) is 0. The molecule has 0 unspecified atom stereocenters. The Hall–Kier alpha value is -1.26. The lowest BCUT2D eigenvalue weighted by molar-refractivity contribution is 0.551. The Labute approximate surface area is 349 Å². The van der Waals surface area contributed by atoms with Crippen LogP contribution in [0.2, 0.25) is 0 Å². The van der Waals surface area contributed by atoms with Crippen molar-refractivity contribution in [2.45, 2.75) is 183 Å². The molecule has 4 nitrogen and oxygen atoms in total. The van der Waals surface area contributed by atoms with Gasteiger partial charge in [0.15, 0.2) is 0 Å². The highest BCUT2D eigenvalue weighted by Crippen LogP contribution is 2.50. The second-order valence-corrected chi connectivity index (χ2v) is 20.5. The smallest absolute Gasteiger partial charge is 0.116 e. The predicted octanol–water partition coefficient (Wildman–Crippen LogP) is 16.8. The Kier molecular flexibility index (Phi) is 17.7. The van der Waals surface area contributed by atoms with E-state index in [1.54, 1.807) is 22.7 Å². The minimum Gasteiger partial charge on any atom is -0.248 e. The van der Waals surface area contributed by atoms with Crippen LogP contribution in [0.1, 0.15) is 176 Å². The van der Waals surface area contributed by atoms with Crippen LogP contribution in [0.3, 0.4) is 0 Å². The fourth-order valence-electron chi connectivity index (χ4n) is 7.58. The van der Waals surface area contributed by atoms with Crippen LogP contribution >= 0.6 is 66.3 Å². The summed E-state index contributed by atoms with van der Waals surface area (Å²) in [6.45, 7) is 13.5. The maximum atomic E-state index is 5.70. The quantitative estimate of drug-likeness (QED) is 0.0579. The van der Waals surface area contributed by atoms with Crippen molar-refractivity contribution in [2.75, 3.05) is 0 Å². The third kappa shape index (κ3) is 11.0. The molecule has 53 heavy (non-hydrogen) atoms. The molecule has 4 aromatic heterocycles. The zero-order valence-corrected chi connectivity index (χ0v) is 38.9. The first-order valence-electron chi connectivity index (χ1n) is 20.8. The van der Waals surface area contributed by atoms with Gasteiger partial charge in [0.2, 0.25) is 0 Å². The number of rotatable bonds is 24. The van der Waals surface area contributed by atoms with Crippen molar-refractivity contribution in [1.29, 1.82) is 0 Å². The van der Waals surface area contributed by atoms with Crippen molar-refractivity contribution in [1.82, 2.24) is 18.7 Å². The van der Waals surface area contributed by atoms with E-state index in [1.807, 2.05) is 0 Å². The summed E-state index contributed by atoms with van der Waals surface area (Å²) in [6.07, 6.45) is 28.7. The van der Waals surface area contributed by atoms with Crippen LogP contribution < -0.4 is 0 Å². The lowest BCUT2D eigenvalue weighted by Crippen LogP contribution is -2.06. The van der Waals surface area contributed by atoms with E-state index in [4.69, 9.17) is 18.7 Å². The summed E-state index contributed by atoms with van der Waals surface area (Å²) in [6, 6.07) is 0. The molecule has 290 valence electrons. The number of thiophene rings is 2. The summed E-state index contributed by atoms with van der Waals surface area (Å²) in [5.74, 6) is 0. The molecule has 9 heteroatoms. The van der Waals surface area contributed by atoms with E-state index in [0.29, 0.717) is 0 Å². The molecular weight excluding hydrogens is 841 g/mol. The lowest BCUT2D eigenvalue weighted by atomic mass is 9.97. The number of unbranched alkanes of at least 4 members (excludes halogenated alkanes) is 18. The second kappa shape index (κ2) is 21.9. The minimum atomic E-state index is 0.956. The fourth-order valence-corrected chi connectivity index (χ4v) is 11.9. The Morgan fingerprint density at radius 2 is 0.736 bits per heavy atom. The molecule has 0 amide bonds. The number of aromatic nitrogens is 4. The predicted molar refractivity (Wildman–Crippen MR) is 243 cm³/mol. The number of hydrogen-bond acceptors (Lipinski definition) is 7. The zero-order valence-electron chi connectivity index (χ0n) is 33.3. The standard InChI is InChI=1S/C44H62Br2N4S3/c1-7-9-11-13-15-17-19-21-23-25-27-33-34(28-26-24-22-20-18-16-14-12-10-8-2)48-38-36(42-30(4)32(6)44(46)52-42)40-39(49-53-50-40)35(37(38)47-33)41-29(3)31(5)43(45)51-41/h7-28H2,1-6H3. The van der Waals surface area contributed by atoms with E-state index in [9.17, 15) is 0 Å². The molecule has 1 aromatic carbocycles. The van der Waals surface area contributed by atoms with Crippen LogP contribution in [0.25, 0.3) is 42.9 Å². The Morgan fingerprint density at radius 3 is 1.04 bits per heavy atom. The molecule has 0 saturated heterocycles.